The fourth-order valence-electron chi connectivity index (χ4n) is 1.96. The maximum atomic E-state index is 13.9. The molecule has 2 aromatic rings. The Morgan fingerprint density at radius 2 is 1.85 bits per heavy atom. The average molecular weight is 275 g/mol. The minimum atomic E-state index is -0.369. The molecule has 2 rings (SSSR count). The zero-order valence-corrected chi connectivity index (χ0v) is 11.9. The number of anilines is 2. The molecule has 0 aliphatic rings. The summed E-state index contributed by atoms with van der Waals surface area (Å²) in [7, 11) is 0. The second-order valence-corrected chi connectivity index (χ2v) is 4.47. The van der Waals surface area contributed by atoms with Crippen LogP contribution in [0, 0.1) is 12.7 Å². The third-order valence-corrected chi connectivity index (χ3v) is 3.05. The van der Waals surface area contributed by atoms with Gasteiger partial charge in [-0.25, -0.2) is 4.39 Å². The van der Waals surface area contributed by atoms with Crippen LogP contribution < -0.4 is 10.6 Å². The highest BCUT2D eigenvalue weighted by molar-refractivity contribution is 5.59. The molecule has 1 aromatic carbocycles. The monoisotopic (exact) mass is 275 g/mol. The number of nitrogens with zero attached hydrogens (tertiary/aromatic N) is 4. The number of nitrogen functional groups attached to an aromatic ring is 1. The summed E-state index contributed by atoms with van der Waals surface area (Å²) in [6.45, 7) is 7.37. The van der Waals surface area contributed by atoms with Crippen LogP contribution in [0.3, 0.4) is 0 Å². The zero-order valence-electron chi connectivity index (χ0n) is 11.9. The number of benzene rings is 1. The Morgan fingerprint density at radius 1 is 1.15 bits per heavy atom. The van der Waals surface area contributed by atoms with Gasteiger partial charge in [0.25, 0.3) is 0 Å². The van der Waals surface area contributed by atoms with Gasteiger partial charge in [0.15, 0.2) is 5.82 Å². The Balaban J connectivity index is 2.54. The normalized spacial score (nSPS) is 10.6. The summed E-state index contributed by atoms with van der Waals surface area (Å²) >= 11 is 0. The van der Waals surface area contributed by atoms with Gasteiger partial charge in [0.1, 0.15) is 5.82 Å². The van der Waals surface area contributed by atoms with E-state index in [0.717, 1.165) is 18.7 Å². The lowest BCUT2D eigenvalue weighted by atomic mass is 10.1. The maximum absolute atomic E-state index is 13.9. The van der Waals surface area contributed by atoms with E-state index in [1.54, 1.807) is 12.1 Å². The maximum Gasteiger partial charge on any atom is 0.230 e. The summed E-state index contributed by atoms with van der Waals surface area (Å²) in [5, 5.41) is 0. The van der Waals surface area contributed by atoms with Gasteiger partial charge in [0, 0.05) is 13.1 Å². The van der Waals surface area contributed by atoms with Gasteiger partial charge in [-0.1, -0.05) is 11.6 Å². The fourth-order valence-corrected chi connectivity index (χ4v) is 1.96. The smallest absolute Gasteiger partial charge is 0.230 e. The zero-order chi connectivity index (χ0) is 14.7. The third-order valence-electron chi connectivity index (χ3n) is 3.05. The molecule has 1 aromatic heterocycles. The SMILES string of the molecule is CCN(CC)c1nc(N)nc(-c2cc(C)ccc2F)n1. The van der Waals surface area contributed by atoms with E-state index in [1.807, 2.05) is 25.7 Å². The van der Waals surface area contributed by atoms with E-state index in [0.29, 0.717) is 11.5 Å². The van der Waals surface area contributed by atoms with Crippen molar-refractivity contribution in [3.63, 3.8) is 0 Å². The first-order chi connectivity index (χ1) is 9.55. The molecule has 0 atom stereocenters. The highest BCUT2D eigenvalue weighted by atomic mass is 19.1. The van der Waals surface area contributed by atoms with Crippen molar-refractivity contribution in [2.45, 2.75) is 20.8 Å². The van der Waals surface area contributed by atoms with E-state index in [1.165, 1.54) is 6.07 Å². The minimum absolute atomic E-state index is 0.0952. The van der Waals surface area contributed by atoms with Crippen molar-refractivity contribution < 1.29 is 4.39 Å². The first-order valence-corrected chi connectivity index (χ1v) is 6.58. The predicted octanol–water partition coefficient (Wildman–Crippen LogP) is 2.41. The molecule has 0 aliphatic carbocycles. The van der Waals surface area contributed by atoms with Crippen molar-refractivity contribution in [3.8, 4) is 11.4 Å². The van der Waals surface area contributed by atoms with E-state index in [2.05, 4.69) is 15.0 Å². The molecule has 6 heteroatoms. The quantitative estimate of drug-likeness (QED) is 0.928. The van der Waals surface area contributed by atoms with E-state index >= 15 is 0 Å². The second-order valence-electron chi connectivity index (χ2n) is 4.47. The molecular weight excluding hydrogens is 257 g/mol. The lowest BCUT2D eigenvalue weighted by molar-refractivity contribution is 0.629. The van der Waals surface area contributed by atoms with Crippen LogP contribution in [0.25, 0.3) is 11.4 Å². The third kappa shape index (κ3) is 2.84. The first-order valence-electron chi connectivity index (χ1n) is 6.58. The lowest BCUT2D eigenvalue weighted by Crippen LogP contribution is -2.25. The van der Waals surface area contributed by atoms with Gasteiger partial charge in [0.05, 0.1) is 5.56 Å². The van der Waals surface area contributed by atoms with E-state index in [4.69, 9.17) is 5.73 Å². The van der Waals surface area contributed by atoms with Crippen LogP contribution in [0.15, 0.2) is 18.2 Å². The highest BCUT2D eigenvalue weighted by Crippen LogP contribution is 2.22. The Kier molecular flexibility index (Phi) is 4.12. The minimum Gasteiger partial charge on any atom is -0.368 e. The van der Waals surface area contributed by atoms with Gasteiger partial charge in [-0.15, -0.1) is 0 Å². The molecule has 5 nitrogen and oxygen atoms in total. The van der Waals surface area contributed by atoms with E-state index in [9.17, 15) is 4.39 Å². The van der Waals surface area contributed by atoms with Crippen molar-refractivity contribution >= 4 is 11.9 Å². The molecule has 0 aliphatic heterocycles. The molecule has 0 bridgehead atoms. The summed E-state index contributed by atoms with van der Waals surface area (Å²) in [6, 6.07) is 4.81. The van der Waals surface area contributed by atoms with Gasteiger partial charge in [-0.05, 0) is 32.9 Å². The van der Waals surface area contributed by atoms with Crippen LogP contribution >= 0.6 is 0 Å². The predicted molar refractivity (Wildman–Crippen MR) is 77.9 cm³/mol. The largest absolute Gasteiger partial charge is 0.368 e. The van der Waals surface area contributed by atoms with Crippen molar-refractivity contribution in [2.24, 2.45) is 0 Å². The molecule has 0 spiro atoms. The van der Waals surface area contributed by atoms with Crippen LogP contribution in [0.2, 0.25) is 0 Å². The van der Waals surface area contributed by atoms with Gasteiger partial charge < -0.3 is 10.6 Å². The van der Waals surface area contributed by atoms with Gasteiger partial charge in [-0.3, -0.25) is 0 Å². The molecule has 0 saturated heterocycles. The molecule has 20 heavy (non-hydrogen) atoms. The van der Waals surface area contributed by atoms with Gasteiger partial charge >= 0.3 is 0 Å². The number of nitrogens with two attached hydrogens (primary N) is 1. The Bertz CT molecular complexity index is 611. The summed E-state index contributed by atoms with van der Waals surface area (Å²) in [4.78, 5) is 14.4. The summed E-state index contributed by atoms with van der Waals surface area (Å²) < 4.78 is 13.9. The number of aromatic nitrogens is 3. The topological polar surface area (TPSA) is 67.9 Å². The molecule has 106 valence electrons. The standard InChI is InChI=1S/C14H18FN5/c1-4-20(5-2)14-18-12(17-13(16)19-14)10-8-9(3)6-7-11(10)15/h6-8H,4-5H2,1-3H3,(H2,16,17,18,19). The Hall–Kier alpha value is -2.24. The van der Waals surface area contributed by atoms with E-state index in [-0.39, 0.29) is 17.6 Å². The van der Waals surface area contributed by atoms with E-state index < -0.39 is 0 Å². The second kappa shape index (κ2) is 5.81. The molecule has 0 amide bonds. The Labute approximate surface area is 117 Å². The summed E-state index contributed by atoms with van der Waals surface area (Å²) in [5.41, 5.74) is 7.00. The lowest BCUT2D eigenvalue weighted by Gasteiger charge is -2.19. The summed E-state index contributed by atoms with van der Waals surface area (Å²) in [6.07, 6.45) is 0. The molecular formula is C14H18FN5. The molecule has 0 saturated carbocycles. The van der Waals surface area contributed by atoms with Crippen molar-refractivity contribution in [3.05, 3.63) is 29.6 Å². The number of hydrogen-bond acceptors (Lipinski definition) is 5. The number of hydrogen-bond donors (Lipinski definition) is 1. The molecule has 0 fully saturated rings. The van der Waals surface area contributed by atoms with Crippen LogP contribution in [0.1, 0.15) is 19.4 Å². The number of halogens is 1. The first kappa shape index (κ1) is 14.2. The van der Waals surface area contributed by atoms with Crippen molar-refractivity contribution in [2.75, 3.05) is 23.7 Å². The summed E-state index contributed by atoms with van der Waals surface area (Å²) in [5.74, 6) is 0.462. The van der Waals surface area contributed by atoms with Crippen LogP contribution in [-0.4, -0.2) is 28.0 Å². The van der Waals surface area contributed by atoms with Crippen LogP contribution in [0.4, 0.5) is 16.3 Å². The van der Waals surface area contributed by atoms with Crippen molar-refractivity contribution in [1.82, 2.24) is 15.0 Å². The van der Waals surface area contributed by atoms with Crippen LogP contribution in [0.5, 0.6) is 0 Å². The average Bonchev–Trinajstić information content (AvgIpc) is 2.42. The molecule has 2 N–H and O–H groups in total. The van der Waals surface area contributed by atoms with Gasteiger partial charge in [0.2, 0.25) is 11.9 Å². The highest BCUT2D eigenvalue weighted by Gasteiger charge is 2.14. The number of aryl methyl sites for hydroxylation is 1. The fraction of sp³-hybridized carbons (Fsp3) is 0.357. The molecule has 0 unspecified atom stereocenters. The van der Waals surface area contributed by atoms with Gasteiger partial charge in [-0.2, -0.15) is 15.0 Å². The van der Waals surface area contributed by atoms with Crippen molar-refractivity contribution in [1.29, 1.82) is 0 Å². The van der Waals surface area contributed by atoms with Crippen LogP contribution in [-0.2, 0) is 0 Å². The number of rotatable bonds is 4. The Morgan fingerprint density at radius 3 is 2.50 bits per heavy atom. The molecule has 0 radical (unpaired) electrons. The molecule has 1 heterocycles.